The molecule has 1 aliphatic heterocycles. The molecule has 1 saturated heterocycles. The number of ether oxygens (including phenoxy) is 1. The Morgan fingerprint density at radius 1 is 1.26 bits per heavy atom. The lowest BCUT2D eigenvalue weighted by Gasteiger charge is -2.23. The van der Waals surface area contributed by atoms with Crippen LogP contribution in [0.4, 0.5) is 4.39 Å². The van der Waals surface area contributed by atoms with Crippen molar-refractivity contribution < 1.29 is 18.7 Å². The van der Waals surface area contributed by atoms with Gasteiger partial charge < -0.3 is 15.0 Å². The van der Waals surface area contributed by atoms with Crippen LogP contribution in [-0.2, 0) is 16.9 Å². The second kappa shape index (κ2) is 11.0. The fourth-order valence-electron chi connectivity index (χ4n) is 4.35. The van der Waals surface area contributed by atoms with Gasteiger partial charge in [-0.3, -0.25) is 14.6 Å². The SMILES string of the molecule is C#CC(=O)N1CCCC1COc1cnccc1-c1ccc(CNC(=O)c2cn(C(C)(C)C)nn2)c(C)c1F. The summed E-state index contributed by atoms with van der Waals surface area (Å²) < 4.78 is 23.2. The number of amides is 2. The summed E-state index contributed by atoms with van der Waals surface area (Å²) in [5.74, 6) is 1.41. The third-order valence-electron chi connectivity index (χ3n) is 6.62. The van der Waals surface area contributed by atoms with Gasteiger partial charge in [0.15, 0.2) is 5.69 Å². The van der Waals surface area contributed by atoms with E-state index in [9.17, 15) is 9.59 Å². The zero-order valence-electron chi connectivity index (χ0n) is 22.0. The van der Waals surface area contributed by atoms with E-state index in [1.807, 2.05) is 20.8 Å². The summed E-state index contributed by atoms with van der Waals surface area (Å²) in [4.78, 5) is 30.3. The number of hydrogen-bond acceptors (Lipinski definition) is 6. The van der Waals surface area contributed by atoms with Gasteiger partial charge in [0.1, 0.15) is 18.2 Å². The number of halogens is 1. The van der Waals surface area contributed by atoms with Gasteiger partial charge in [-0.1, -0.05) is 17.3 Å². The molecule has 1 N–H and O–H groups in total. The zero-order chi connectivity index (χ0) is 27.4. The van der Waals surface area contributed by atoms with Crippen molar-refractivity contribution in [1.29, 1.82) is 0 Å². The number of pyridine rings is 1. The normalized spacial score (nSPS) is 15.3. The smallest absolute Gasteiger partial charge is 0.298 e. The zero-order valence-corrected chi connectivity index (χ0v) is 22.0. The molecule has 1 aromatic carbocycles. The van der Waals surface area contributed by atoms with Crippen LogP contribution < -0.4 is 10.1 Å². The summed E-state index contributed by atoms with van der Waals surface area (Å²) >= 11 is 0. The van der Waals surface area contributed by atoms with Crippen LogP contribution in [0.2, 0.25) is 0 Å². The van der Waals surface area contributed by atoms with Crippen LogP contribution in [0.1, 0.15) is 55.2 Å². The second-order valence-corrected chi connectivity index (χ2v) is 10.2. The van der Waals surface area contributed by atoms with Crippen LogP contribution in [0.25, 0.3) is 11.1 Å². The number of nitrogens with one attached hydrogen (secondary N) is 1. The molecule has 0 radical (unpaired) electrons. The Bertz CT molecular complexity index is 1390. The minimum absolute atomic E-state index is 0.130. The maximum Gasteiger partial charge on any atom is 0.298 e. The fraction of sp³-hybridized carbons (Fsp3) is 0.393. The van der Waals surface area contributed by atoms with E-state index >= 15 is 4.39 Å². The highest BCUT2D eigenvalue weighted by Crippen LogP contribution is 2.34. The molecular formula is C28H31FN6O3. The summed E-state index contributed by atoms with van der Waals surface area (Å²) in [5, 5.41) is 10.7. The average Bonchev–Trinajstić information content (AvgIpc) is 3.58. The number of carbonyl (C=O) groups excluding carboxylic acids is 2. The molecule has 9 nitrogen and oxygen atoms in total. The van der Waals surface area contributed by atoms with Crippen LogP contribution in [0.3, 0.4) is 0 Å². The third-order valence-corrected chi connectivity index (χ3v) is 6.62. The Balaban J connectivity index is 1.47. The number of aromatic nitrogens is 4. The Morgan fingerprint density at radius 3 is 2.76 bits per heavy atom. The summed E-state index contributed by atoms with van der Waals surface area (Å²) in [6.07, 6.45) is 11.6. The average molecular weight is 519 g/mol. The van der Waals surface area contributed by atoms with Crippen LogP contribution in [0, 0.1) is 25.1 Å². The number of carbonyl (C=O) groups is 2. The molecule has 1 aliphatic rings. The van der Waals surface area contributed by atoms with Crippen molar-refractivity contribution in [2.45, 2.75) is 58.7 Å². The minimum atomic E-state index is -0.420. The van der Waals surface area contributed by atoms with E-state index in [2.05, 4.69) is 26.5 Å². The van der Waals surface area contributed by atoms with Gasteiger partial charge in [-0.2, -0.15) is 0 Å². The van der Waals surface area contributed by atoms with Crippen molar-refractivity contribution in [1.82, 2.24) is 30.2 Å². The lowest BCUT2D eigenvalue weighted by Crippen LogP contribution is -2.38. The first-order valence-electron chi connectivity index (χ1n) is 12.4. The number of nitrogens with zero attached hydrogens (tertiary/aromatic N) is 5. The van der Waals surface area contributed by atoms with E-state index in [0.717, 1.165) is 12.8 Å². The summed E-state index contributed by atoms with van der Waals surface area (Å²) in [7, 11) is 0. The standard InChI is InChI=1S/C28H31FN6O3/c1-6-25(36)34-13-7-8-20(34)17-38-24-15-30-12-11-21(24)22-10-9-19(18(2)26(22)29)14-31-27(37)23-16-35(33-32-23)28(3,4)5/h1,9-12,15-16,20H,7-8,13-14,17H2,2-5H3,(H,31,37). The number of hydrogen-bond donors (Lipinski definition) is 1. The van der Waals surface area contributed by atoms with Gasteiger partial charge in [0.2, 0.25) is 0 Å². The van der Waals surface area contributed by atoms with E-state index < -0.39 is 11.7 Å². The molecule has 3 heterocycles. The third kappa shape index (κ3) is 5.67. The van der Waals surface area contributed by atoms with Crippen LogP contribution in [-0.4, -0.2) is 55.9 Å². The minimum Gasteiger partial charge on any atom is -0.489 e. The Hall–Kier alpha value is -4.26. The molecule has 0 spiro atoms. The predicted octanol–water partition coefficient (Wildman–Crippen LogP) is 3.48. The molecule has 38 heavy (non-hydrogen) atoms. The van der Waals surface area contributed by atoms with Gasteiger partial charge in [-0.05, 0) is 63.7 Å². The monoisotopic (exact) mass is 518 g/mol. The summed E-state index contributed by atoms with van der Waals surface area (Å²) in [6.45, 7) is 8.50. The molecule has 1 atom stereocenters. The van der Waals surface area contributed by atoms with E-state index in [1.54, 1.807) is 47.1 Å². The van der Waals surface area contributed by atoms with Gasteiger partial charge in [0, 0.05) is 30.4 Å². The Morgan fingerprint density at radius 2 is 2.05 bits per heavy atom. The predicted molar refractivity (Wildman–Crippen MR) is 140 cm³/mol. The molecule has 4 rings (SSSR count). The maximum absolute atomic E-state index is 15.6. The lowest BCUT2D eigenvalue weighted by atomic mass is 9.98. The largest absolute Gasteiger partial charge is 0.489 e. The molecule has 0 saturated carbocycles. The molecule has 2 aromatic heterocycles. The topological polar surface area (TPSA) is 102 Å². The van der Waals surface area contributed by atoms with E-state index in [-0.39, 0.29) is 36.3 Å². The Kier molecular flexibility index (Phi) is 7.76. The van der Waals surface area contributed by atoms with E-state index in [0.29, 0.717) is 34.5 Å². The molecule has 2 amide bonds. The van der Waals surface area contributed by atoms with Gasteiger partial charge in [0.25, 0.3) is 11.8 Å². The van der Waals surface area contributed by atoms with Gasteiger partial charge in [0.05, 0.1) is 24.0 Å². The van der Waals surface area contributed by atoms with Crippen molar-refractivity contribution in [3.05, 3.63) is 59.4 Å². The van der Waals surface area contributed by atoms with Gasteiger partial charge >= 0.3 is 0 Å². The van der Waals surface area contributed by atoms with Crippen molar-refractivity contribution in [2.75, 3.05) is 13.2 Å². The van der Waals surface area contributed by atoms with E-state index in [4.69, 9.17) is 11.2 Å². The first-order chi connectivity index (χ1) is 18.1. The van der Waals surface area contributed by atoms with E-state index in [1.165, 1.54) is 6.20 Å². The quantitative estimate of drug-likeness (QED) is 0.481. The number of terminal acetylenes is 1. The molecular weight excluding hydrogens is 487 g/mol. The molecule has 3 aromatic rings. The van der Waals surface area contributed by atoms with Crippen molar-refractivity contribution in [3.8, 4) is 29.2 Å². The first kappa shape index (κ1) is 26.8. The molecule has 1 fully saturated rings. The number of benzene rings is 1. The van der Waals surface area contributed by atoms with Crippen LogP contribution in [0.5, 0.6) is 5.75 Å². The maximum atomic E-state index is 15.6. The van der Waals surface area contributed by atoms with Gasteiger partial charge in [-0.25, -0.2) is 9.07 Å². The Labute approximate surface area is 221 Å². The first-order valence-corrected chi connectivity index (χ1v) is 12.4. The van der Waals surface area contributed by atoms with Crippen molar-refractivity contribution in [2.24, 2.45) is 0 Å². The lowest BCUT2D eigenvalue weighted by molar-refractivity contribution is -0.126. The van der Waals surface area contributed by atoms with Crippen molar-refractivity contribution in [3.63, 3.8) is 0 Å². The molecule has 10 heteroatoms. The highest BCUT2D eigenvalue weighted by molar-refractivity contribution is 5.93. The van der Waals surface area contributed by atoms with Crippen LogP contribution >= 0.6 is 0 Å². The molecule has 0 bridgehead atoms. The number of likely N-dealkylation sites (tertiary alicyclic amines) is 1. The highest BCUT2D eigenvalue weighted by atomic mass is 19.1. The second-order valence-electron chi connectivity index (χ2n) is 10.2. The number of rotatable bonds is 7. The fourth-order valence-corrected chi connectivity index (χ4v) is 4.35. The molecule has 1 unspecified atom stereocenters. The van der Waals surface area contributed by atoms with Crippen molar-refractivity contribution >= 4 is 11.8 Å². The van der Waals surface area contributed by atoms with Crippen LogP contribution in [0.15, 0.2) is 36.8 Å². The molecule has 0 aliphatic carbocycles. The van der Waals surface area contributed by atoms with Gasteiger partial charge in [-0.15, -0.1) is 11.5 Å². The summed E-state index contributed by atoms with van der Waals surface area (Å²) in [5.41, 5.74) is 1.83. The summed E-state index contributed by atoms with van der Waals surface area (Å²) in [6, 6.07) is 4.97. The molecule has 198 valence electrons. The highest BCUT2D eigenvalue weighted by Gasteiger charge is 2.29.